The normalized spacial score (nSPS) is 9.81. The van der Waals surface area contributed by atoms with Gasteiger partial charge in [-0.3, -0.25) is 14.9 Å². The highest BCUT2D eigenvalue weighted by molar-refractivity contribution is 5.95. The van der Waals surface area contributed by atoms with Gasteiger partial charge in [-0.1, -0.05) is 25.1 Å². The van der Waals surface area contributed by atoms with Crippen LogP contribution in [0, 0.1) is 5.82 Å². The number of ether oxygens (including phenoxy) is 1. The second-order valence-corrected chi connectivity index (χ2v) is 4.23. The zero-order chi connectivity index (χ0) is 15.7. The first-order chi connectivity index (χ1) is 10.0. The monoisotopic (exact) mass is 296 g/mol. The van der Waals surface area contributed by atoms with Gasteiger partial charge < -0.3 is 10.1 Å². The van der Waals surface area contributed by atoms with E-state index in [4.69, 9.17) is 0 Å². The van der Waals surface area contributed by atoms with Crippen molar-refractivity contribution in [2.45, 2.75) is 19.8 Å². The molecule has 0 spiro atoms. The van der Waals surface area contributed by atoms with Crippen molar-refractivity contribution in [3.05, 3.63) is 35.6 Å². The number of rotatable bonds is 6. The molecule has 1 rings (SSSR count). The van der Waals surface area contributed by atoms with Crippen LogP contribution in [0.3, 0.4) is 0 Å². The van der Waals surface area contributed by atoms with Crippen LogP contribution < -0.4 is 10.6 Å². The molecular formula is C14H17FN2O4. The predicted octanol–water partition coefficient (Wildman–Crippen LogP) is 1.15. The quantitative estimate of drug-likeness (QED) is 0.771. The van der Waals surface area contributed by atoms with Crippen LogP contribution in [0.5, 0.6) is 0 Å². The molecule has 0 aliphatic heterocycles. The molecule has 2 N–H and O–H groups in total. The van der Waals surface area contributed by atoms with Gasteiger partial charge in [0, 0.05) is 6.54 Å². The van der Waals surface area contributed by atoms with Gasteiger partial charge in [-0.15, -0.1) is 0 Å². The van der Waals surface area contributed by atoms with E-state index in [-0.39, 0.29) is 12.0 Å². The van der Waals surface area contributed by atoms with Gasteiger partial charge in [0.2, 0.25) is 0 Å². The van der Waals surface area contributed by atoms with Crippen molar-refractivity contribution in [3.8, 4) is 0 Å². The van der Waals surface area contributed by atoms with Crippen molar-refractivity contribution in [2.75, 3.05) is 13.2 Å². The Morgan fingerprint density at radius 3 is 2.62 bits per heavy atom. The predicted molar refractivity (Wildman–Crippen MR) is 72.9 cm³/mol. The van der Waals surface area contributed by atoms with Crippen LogP contribution in [0.2, 0.25) is 0 Å². The molecular weight excluding hydrogens is 279 g/mol. The number of esters is 1. The minimum Gasteiger partial charge on any atom is -0.455 e. The summed E-state index contributed by atoms with van der Waals surface area (Å²) in [5.74, 6) is -2.01. The molecule has 3 amide bonds. The summed E-state index contributed by atoms with van der Waals surface area (Å²) in [6, 6.07) is 5.14. The molecule has 0 fully saturated rings. The van der Waals surface area contributed by atoms with Crippen molar-refractivity contribution in [1.82, 2.24) is 10.6 Å². The van der Waals surface area contributed by atoms with E-state index in [1.807, 2.05) is 12.2 Å². The molecule has 21 heavy (non-hydrogen) atoms. The molecule has 0 aliphatic rings. The molecule has 6 nitrogen and oxygen atoms in total. The molecule has 0 saturated carbocycles. The topological polar surface area (TPSA) is 84.5 Å². The lowest BCUT2D eigenvalue weighted by atomic mass is 10.1. The average Bonchev–Trinajstić information content (AvgIpc) is 2.45. The van der Waals surface area contributed by atoms with Crippen LogP contribution in [0.1, 0.15) is 18.9 Å². The van der Waals surface area contributed by atoms with Crippen molar-refractivity contribution in [3.63, 3.8) is 0 Å². The number of benzene rings is 1. The molecule has 0 aliphatic carbocycles. The van der Waals surface area contributed by atoms with Crippen LogP contribution >= 0.6 is 0 Å². The summed E-state index contributed by atoms with van der Waals surface area (Å²) in [4.78, 5) is 33.9. The summed E-state index contributed by atoms with van der Waals surface area (Å²) in [6.45, 7) is 1.71. The molecule has 0 radical (unpaired) electrons. The van der Waals surface area contributed by atoms with Crippen LogP contribution in [0.25, 0.3) is 0 Å². The minimum absolute atomic E-state index is 0.184. The zero-order valence-electron chi connectivity index (χ0n) is 11.6. The number of hydrogen-bond acceptors (Lipinski definition) is 4. The standard InChI is InChI=1S/C14H17FN2O4/c1-2-7-16-14(20)17-12(18)9-21-13(19)8-10-5-3-4-6-11(10)15/h3-6H,2,7-9H2,1H3,(H2,16,17,18,20). The fourth-order valence-corrected chi connectivity index (χ4v) is 1.44. The smallest absolute Gasteiger partial charge is 0.321 e. The van der Waals surface area contributed by atoms with Crippen molar-refractivity contribution < 1.29 is 23.5 Å². The number of halogens is 1. The number of imide groups is 1. The number of urea groups is 1. The Hall–Kier alpha value is -2.44. The highest BCUT2D eigenvalue weighted by atomic mass is 19.1. The molecule has 114 valence electrons. The SMILES string of the molecule is CCCNC(=O)NC(=O)COC(=O)Cc1ccccc1F. The van der Waals surface area contributed by atoms with Crippen LogP contribution in [-0.2, 0) is 20.7 Å². The summed E-state index contributed by atoms with van der Waals surface area (Å²) in [5, 5.41) is 4.44. The second kappa shape index (κ2) is 8.68. The van der Waals surface area contributed by atoms with Gasteiger partial charge in [0.05, 0.1) is 6.42 Å². The van der Waals surface area contributed by atoms with Gasteiger partial charge in [0.1, 0.15) is 5.82 Å². The van der Waals surface area contributed by atoms with E-state index in [9.17, 15) is 18.8 Å². The highest BCUT2D eigenvalue weighted by Gasteiger charge is 2.12. The van der Waals surface area contributed by atoms with Gasteiger partial charge in [0.25, 0.3) is 5.91 Å². The van der Waals surface area contributed by atoms with Crippen molar-refractivity contribution >= 4 is 17.9 Å². The molecule has 0 aromatic heterocycles. The van der Waals surface area contributed by atoms with Crippen LogP contribution in [-0.4, -0.2) is 31.1 Å². The van der Waals surface area contributed by atoms with Crippen LogP contribution in [0.15, 0.2) is 24.3 Å². The van der Waals surface area contributed by atoms with Gasteiger partial charge in [-0.2, -0.15) is 0 Å². The lowest BCUT2D eigenvalue weighted by Gasteiger charge is -2.07. The van der Waals surface area contributed by atoms with E-state index in [2.05, 4.69) is 10.1 Å². The first kappa shape index (κ1) is 16.6. The van der Waals surface area contributed by atoms with E-state index in [0.29, 0.717) is 6.54 Å². The molecule has 0 unspecified atom stereocenters. The Kier molecular flexibility index (Phi) is 6.86. The van der Waals surface area contributed by atoms with Gasteiger partial charge >= 0.3 is 12.0 Å². The Morgan fingerprint density at radius 2 is 1.95 bits per heavy atom. The summed E-state index contributed by atoms with van der Waals surface area (Å²) >= 11 is 0. The number of carbonyl (C=O) groups is 3. The fraction of sp³-hybridized carbons (Fsp3) is 0.357. The third-order valence-corrected chi connectivity index (χ3v) is 2.45. The number of amides is 3. The third kappa shape index (κ3) is 6.51. The zero-order valence-corrected chi connectivity index (χ0v) is 11.6. The Bertz CT molecular complexity index is 519. The highest BCUT2D eigenvalue weighted by Crippen LogP contribution is 2.07. The van der Waals surface area contributed by atoms with Crippen LogP contribution in [0.4, 0.5) is 9.18 Å². The lowest BCUT2D eigenvalue weighted by Crippen LogP contribution is -2.41. The van der Waals surface area contributed by atoms with Gasteiger partial charge in [0.15, 0.2) is 6.61 Å². The molecule has 0 bridgehead atoms. The first-order valence-electron chi connectivity index (χ1n) is 6.49. The average molecular weight is 296 g/mol. The number of nitrogens with one attached hydrogen (secondary N) is 2. The van der Waals surface area contributed by atoms with Crippen molar-refractivity contribution in [2.24, 2.45) is 0 Å². The molecule has 0 heterocycles. The Labute approximate surface area is 121 Å². The summed E-state index contributed by atoms with van der Waals surface area (Å²) in [5.41, 5.74) is 0.184. The summed E-state index contributed by atoms with van der Waals surface area (Å²) < 4.78 is 18.0. The summed E-state index contributed by atoms with van der Waals surface area (Å²) in [7, 11) is 0. The largest absolute Gasteiger partial charge is 0.455 e. The molecule has 0 saturated heterocycles. The fourth-order valence-electron chi connectivity index (χ4n) is 1.44. The third-order valence-electron chi connectivity index (χ3n) is 2.45. The van der Waals surface area contributed by atoms with Crippen molar-refractivity contribution in [1.29, 1.82) is 0 Å². The maximum atomic E-state index is 13.3. The lowest BCUT2D eigenvalue weighted by molar-refractivity contribution is -0.147. The molecule has 0 atom stereocenters. The van der Waals surface area contributed by atoms with E-state index in [1.165, 1.54) is 18.2 Å². The maximum absolute atomic E-state index is 13.3. The first-order valence-corrected chi connectivity index (χ1v) is 6.49. The second-order valence-electron chi connectivity index (χ2n) is 4.23. The van der Waals surface area contributed by atoms with E-state index >= 15 is 0 Å². The van der Waals surface area contributed by atoms with Gasteiger partial charge in [-0.05, 0) is 18.1 Å². The number of hydrogen-bond donors (Lipinski definition) is 2. The molecule has 1 aromatic rings. The Balaban J connectivity index is 2.31. The van der Waals surface area contributed by atoms with E-state index in [1.54, 1.807) is 6.07 Å². The molecule has 7 heteroatoms. The number of carbonyl (C=O) groups excluding carboxylic acids is 3. The van der Waals surface area contributed by atoms with Gasteiger partial charge in [-0.25, -0.2) is 9.18 Å². The molecule has 1 aromatic carbocycles. The summed E-state index contributed by atoms with van der Waals surface area (Å²) in [6.07, 6.45) is 0.460. The Morgan fingerprint density at radius 1 is 1.24 bits per heavy atom. The maximum Gasteiger partial charge on any atom is 0.321 e. The van der Waals surface area contributed by atoms with E-state index < -0.39 is 30.3 Å². The van der Waals surface area contributed by atoms with E-state index in [0.717, 1.165) is 6.42 Å². The minimum atomic E-state index is -0.746.